The van der Waals surface area contributed by atoms with E-state index in [2.05, 4.69) is 0 Å². The fourth-order valence-corrected chi connectivity index (χ4v) is 3.46. The van der Waals surface area contributed by atoms with E-state index in [4.69, 9.17) is 4.74 Å². The van der Waals surface area contributed by atoms with Crippen molar-refractivity contribution in [2.45, 2.75) is 32.5 Å². The molecule has 1 N–H and O–H groups in total. The summed E-state index contributed by atoms with van der Waals surface area (Å²) in [6, 6.07) is 9.32. The lowest BCUT2D eigenvalue weighted by atomic mass is 9.75. The van der Waals surface area contributed by atoms with Crippen LogP contribution in [0.4, 0.5) is 0 Å². The highest BCUT2D eigenvalue weighted by atomic mass is 16.5. The third kappa shape index (κ3) is 1.87. The van der Waals surface area contributed by atoms with E-state index in [9.17, 15) is 14.7 Å². The normalized spacial score (nSPS) is 31.8. The number of amides is 1. The largest absolute Gasteiger partial charge is 0.480 e. The SMILES string of the molecule is CC(C)[C@]1(C(=O)O)C[C@H]2CO[C@H](c3ccccc3)N2C1=O. The van der Waals surface area contributed by atoms with Crippen molar-refractivity contribution in [3.05, 3.63) is 35.9 Å². The number of nitrogens with zero attached hydrogens (tertiary/aromatic N) is 1. The lowest BCUT2D eigenvalue weighted by Crippen LogP contribution is -2.45. The van der Waals surface area contributed by atoms with E-state index in [0.29, 0.717) is 13.0 Å². The van der Waals surface area contributed by atoms with E-state index in [1.54, 1.807) is 18.7 Å². The first-order chi connectivity index (χ1) is 9.98. The number of hydrogen-bond donors (Lipinski definition) is 1. The van der Waals surface area contributed by atoms with Gasteiger partial charge in [-0.05, 0) is 12.3 Å². The van der Waals surface area contributed by atoms with Crippen molar-refractivity contribution >= 4 is 11.9 Å². The molecule has 2 fully saturated rings. The average molecular weight is 289 g/mol. The number of rotatable bonds is 3. The molecule has 2 heterocycles. The maximum absolute atomic E-state index is 12.8. The summed E-state index contributed by atoms with van der Waals surface area (Å²) in [5, 5.41) is 9.63. The predicted octanol–water partition coefficient (Wildman–Crippen LogP) is 2.04. The Morgan fingerprint density at radius 2 is 2.05 bits per heavy atom. The first-order valence-electron chi connectivity index (χ1n) is 7.21. The average Bonchev–Trinajstić information content (AvgIpc) is 2.99. The number of carbonyl (C=O) groups is 2. The van der Waals surface area contributed by atoms with Crippen molar-refractivity contribution in [3.8, 4) is 0 Å². The van der Waals surface area contributed by atoms with Crippen molar-refractivity contribution < 1.29 is 19.4 Å². The Morgan fingerprint density at radius 3 is 2.62 bits per heavy atom. The van der Waals surface area contributed by atoms with Crippen molar-refractivity contribution in [1.82, 2.24) is 4.90 Å². The molecule has 5 heteroatoms. The second-order valence-corrected chi connectivity index (χ2v) is 6.10. The molecule has 5 nitrogen and oxygen atoms in total. The smallest absolute Gasteiger partial charge is 0.319 e. The minimum absolute atomic E-state index is 0.152. The zero-order valence-corrected chi connectivity index (χ0v) is 12.2. The number of aliphatic carboxylic acids is 1. The fraction of sp³-hybridized carbons (Fsp3) is 0.500. The van der Waals surface area contributed by atoms with Crippen LogP contribution in [0.2, 0.25) is 0 Å². The second-order valence-electron chi connectivity index (χ2n) is 6.10. The molecule has 2 aliphatic rings. The molecule has 21 heavy (non-hydrogen) atoms. The van der Waals surface area contributed by atoms with E-state index in [1.165, 1.54) is 0 Å². The summed E-state index contributed by atoms with van der Waals surface area (Å²) in [4.78, 5) is 26.2. The summed E-state index contributed by atoms with van der Waals surface area (Å²) < 4.78 is 5.74. The summed E-state index contributed by atoms with van der Waals surface area (Å²) >= 11 is 0. The molecular formula is C16H19NO4. The molecule has 0 saturated carbocycles. The van der Waals surface area contributed by atoms with Crippen molar-refractivity contribution in [1.29, 1.82) is 0 Å². The molecule has 2 saturated heterocycles. The van der Waals surface area contributed by atoms with E-state index >= 15 is 0 Å². The molecule has 1 amide bonds. The van der Waals surface area contributed by atoms with Crippen LogP contribution in [0.15, 0.2) is 30.3 Å². The number of ether oxygens (including phenoxy) is 1. The standard InChI is InChI=1S/C16H19NO4/c1-10(2)16(15(19)20)8-12-9-21-13(17(12)14(16)18)11-6-4-3-5-7-11/h3-7,10,12-13H,8-9H2,1-2H3,(H,19,20)/t12-,13+,16+/m0/s1. The summed E-state index contributed by atoms with van der Waals surface area (Å²) in [5.74, 6) is -1.59. The second kappa shape index (κ2) is 4.84. The zero-order chi connectivity index (χ0) is 15.2. The Labute approximate surface area is 123 Å². The molecule has 3 atom stereocenters. The third-order valence-electron chi connectivity index (χ3n) is 4.72. The number of carboxylic acid groups (broad SMARTS) is 1. The summed E-state index contributed by atoms with van der Waals surface area (Å²) in [5.41, 5.74) is -0.431. The number of benzene rings is 1. The Balaban J connectivity index is 1.98. The van der Waals surface area contributed by atoms with Gasteiger partial charge in [-0.15, -0.1) is 0 Å². The van der Waals surface area contributed by atoms with Crippen LogP contribution in [0.1, 0.15) is 32.1 Å². The highest BCUT2D eigenvalue weighted by Gasteiger charge is 2.62. The number of carboxylic acids is 1. The molecule has 0 bridgehead atoms. The summed E-state index contributed by atoms with van der Waals surface area (Å²) in [6.07, 6.45) is -0.147. The molecule has 0 radical (unpaired) electrons. The Bertz CT molecular complexity index is 571. The maximum atomic E-state index is 12.8. The Morgan fingerprint density at radius 1 is 1.38 bits per heavy atom. The molecule has 0 aliphatic carbocycles. The van der Waals surface area contributed by atoms with Crippen molar-refractivity contribution in [3.63, 3.8) is 0 Å². The molecular weight excluding hydrogens is 270 g/mol. The Kier molecular flexibility index (Phi) is 3.24. The van der Waals surface area contributed by atoms with Crippen LogP contribution in [0.3, 0.4) is 0 Å². The van der Waals surface area contributed by atoms with Gasteiger partial charge in [-0.25, -0.2) is 0 Å². The van der Waals surface area contributed by atoms with Gasteiger partial charge in [0.15, 0.2) is 11.6 Å². The lowest BCUT2D eigenvalue weighted by Gasteiger charge is -2.29. The van der Waals surface area contributed by atoms with E-state index < -0.39 is 17.6 Å². The zero-order valence-electron chi connectivity index (χ0n) is 12.2. The van der Waals surface area contributed by atoms with Crippen LogP contribution in [-0.4, -0.2) is 34.5 Å². The van der Waals surface area contributed by atoms with Gasteiger partial charge in [0.25, 0.3) is 0 Å². The quantitative estimate of drug-likeness (QED) is 0.865. The summed E-state index contributed by atoms with van der Waals surface area (Å²) in [7, 11) is 0. The van der Waals surface area contributed by atoms with Crippen molar-refractivity contribution in [2.75, 3.05) is 6.61 Å². The van der Waals surface area contributed by atoms with Crippen LogP contribution in [0.25, 0.3) is 0 Å². The highest BCUT2D eigenvalue weighted by molar-refractivity contribution is 6.04. The third-order valence-corrected chi connectivity index (χ3v) is 4.72. The lowest BCUT2D eigenvalue weighted by molar-refractivity contribution is -0.162. The van der Waals surface area contributed by atoms with Gasteiger partial charge < -0.3 is 14.7 Å². The van der Waals surface area contributed by atoms with Crippen LogP contribution in [-0.2, 0) is 14.3 Å². The van der Waals surface area contributed by atoms with Crippen molar-refractivity contribution in [2.24, 2.45) is 11.3 Å². The minimum Gasteiger partial charge on any atom is -0.480 e. The van der Waals surface area contributed by atoms with E-state index in [1.807, 2.05) is 30.3 Å². The number of hydrogen-bond acceptors (Lipinski definition) is 3. The molecule has 2 aliphatic heterocycles. The van der Waals surface area contributed by atoms with Gasteiger partial charge in [-0.2, -0.15) is 0 Å². The van der Waals surface area contributed by atoms with Gasteiger partial charge in [0.05, 0.1) is 12.6 Å². The van der Waals surface area contributed by atoms with Gasteiger partial charge in [0.2, 0.25) is 5.91 Å². The first-order valence-corrected chi connectivity index (χ1v) is 7.21. The van der Waals surface area contributed by atoms with E-state index in [-0.39, 0.29) is 17.9 Å². The summed E-state index contributed by atoms with van der Waals surface area (Å²) in [6.45, 7) is 3.99. The van der Waals surface area contributed by atoms with Gasteiger partial charge >= 0.3 is 5.97 Å². The predicted molar refractivity (Wildman–Crippen MR) is 75.3 cm³/mol. The van der Waals surface area contributed by atoms with Gasteiger partial charge in [0, 0.05) is 5.56 Å². The van der Waals surface area contributed by atoms with Gasteiger partial charge in [-0.3, -0.25) is 9.59 Å². The van der Waals surface area contributed by atoms with Crippen LogP contribution < -0.4 is 0 Å². The molecule has 0 aromatic heterocycles. The number of fused-ring (bicyclic) bond motifs is 1. The molecule has 0 spiro atoms. The molecule has 112 valence electrons. The van der Waals surface area contributed by atoms with Gasteiger partial charge in [0.1, 0.15) is 0 Å². The highest BCUT2D eigenvalue weighted by Crippen LogP contribution is 2.49. The maximum Gasteiger partial charge on any atom is 0.319 e. The van der Waals surface area contributed by atoms with Gasteiger partial charge in [-0.1, -0.05) is 44.2 Å². The molecule has 3 rings (SSSR count). The topological polar surface area (TPSA) is 66.8 Å². The fourth-order valence-electron chi connectivity index (χ4n) is 3.46. The molecule has 1 aromatic rings. The first kappa shape index (κ1) is 14.1. The number of carbonyl (C=O) groups excluding carboxylic acids is 1. The van der Waals surface area contributed by atoms with Crippen LogP contribution >= 0.6 is 0 Å². The van der Waals surface area contributed by atoms with Crippen LogP contribution in [0, 0.1) is 11.3 Å². The molecule has 1 aromatic carbocycles. The monoisotopic (exact) mass is 289 g/mol. The van der Waals surface area contributed by atoms with Crippen LogP contribution in [0.5, 0.6) is 0 Å². The molecule has 0 unspecified atom stereocenters. The Hall–Kier alpha value is -1.88. The minimum atomic E-state index is -1.32. The van der Waals surface area contributed by atoms with E-state index in [0.717, 1.165) is 5.56 Å².